The van der Waals surface area contributed by atoms with Crippen LogP contribution in [0, 0.1) is 6.92 Å². The largest absolute Gasteiger partial charge is 0.103 e. The summed E-state index contributed by atoms with van der Waals surface area (Å²) < 4.78 is 0. The topological polar surface area (TPSA) is 0 Å². The van der Waals surface area contributed by atoms with Crippen molar-refractivity contribution in [3.63, 3.8) is 0 Å². The quantitative estimate of drug-likeness (QED) is 0.676. The highest BCUT2D eigenvalue weighted by Gasteiger charge is 1.96. The van der Waals surface area contributed by atoms with Gasteiger partial charge in [-0.3, -0.25) is 0 Å². The Morgan fingerprint density at radius 1 is 0.824 bits per heavy atom. The van der Waals surface area contributed by atoms with E-state index in [0.717, 1.165) is 12.8 Å². The van der Waals surface area contributed by atoms with Crippen molar-refractivity contribution < 1.29 is 0 Å². The van der Waals surface area contributed by atoms with Crippen LogP contribution in [-0.4, -0.2) is 0 Å². The van der Waals surface area contributed by atoms with Crippen molar-refractivity contribution >= 4 is 0 Å². The molecule has 0 amide bonds. The van der Waals surface area contributed by atoms with Crippen LogP contribution in [0.4, 0.5) is 0 Å². The Balaban J connectivity index is 2.08. The maximum absolute atomic E-state index is 3.75. The van der Waals surface area contributed by atoms with E-state index in [9.17, 15) is 0 Å². The Kier molecular flexibility index (Phi) is 3.77. The van der Waals surface area contributed by atoms with Crippen molar-refractivity contribution in [3.05, 3.63) is 83.4 Å². The van der Waals surface area contributed by atoms with Gasteiger partial charge in [-0.15, -0.1) is 6.58 Å². The van der Waals surface area contributed by atoms with E-state index < -0.39 is 0 Å². The fourth-order valence-corrected chi connectivity index (χ4v) is 1.90. The Hall–Kier alpha value is -1.82. The van der Waals surface area contributed by atoms with Gasteiger partial charge in [-0.1, -0.05) is 60.2 Å². The second kappa shape index (κ2) is 5.49. The fourth-order valence-electron chi connectivity index (χ4n) is 1.90. The summed E-state index contributed by atoms with van der Waals surface area (Å²) in [7, 11) is 0. The van der Waals surface area contributed by atoms with Gasteiger partial charge < -0.3 is 0 Å². The monoisotopic (exact) mass is 222 g/mol. The summed E-state index contributed by atoms with van der Waals surface area (Å²) in [5.41, 5.74) is 5.37. The third-order valence-corrected chi connectivity index (χ3v) is 2.93. The van der Waals surface area contributed by atoms with E-state index in [1.165, 1.54) is 22.3 Å². The zero-order valence-electron chi connectivity index (χ0n) is 10.3. The first-order valence-corrected chi connectivity index (χ1v) is 6.02. The van der Waals surface area contributed by atoms with Crippen LogP contribution >= 0.6 is 0 Å². The van der Waals surface area contributed by atoms with Crippen molar-refractivity contribution in [3.8, 4) is 0 Å². The van der Waals surface area contributed by atoms with Crippen molar-refractivity contribution in [2.24, 2.45) is 0 Å². The van der Waals surface area contributed by atoms with E-state index in [-0.39, 0.29) is 0 Å². The molecule has 0 saturated carbocycles. The molecule has 0 aliphatic rings. The Morgan fingerprint density at radius 3 is 1.82 bits per heavy atom. The highest BCUT2D eigenvalue weighted by Crippen LogP contribution is 2.12. The molecule has 0 radical (unpaired) electrons. The third-order valence-electron chi connectivity index (χ3n) is 2.93. The molecule has 2 rings (SSSR count). The number of benzene rings is 2. The van der Waals surface area contributed by atoms with Crippen LogP contribution in [0.5, 0.6) is 0 Å². The molecule has 0 N–H and O–H groups in total. The lowest BCUT2D eigenvalue weighted by Gasteiger charge is -2.04. The first-order chi connectivity index (χ1) is 8.28. The fraction of sp³-hybridized carbons (Fsp3) is 0.176. The van der Waals surface area contributed by atoms with Gasteiger partial charge >= 0.3 is 0 Å². The minimum atomic E-state index is 0.949. The molecule has 0 saturated heterocycles. The van der Waals surface area contributed by atoms with E-state index in [4.69, 9.17) is 0 Å². The third kappa shape index (κ3) is 3.32. The number of hydrogen-bond donors (Lipinski definition) is 0. The SMILES string of the molecule is C=CCc1ccc(Cc2ccc(C)cc2)cc1. The average molecular weight is 222 g/mol. The van der Waals surface area contributed by atoms with E-state index in [1.807, 2.05) is 6.08 Å². The number of rotatable bonds is 4. The van der Waals surface area contributed by atoms with Gasteiger partial charge in [0.2, 0.25) is 0 Å². The van der Waals surface area contributed by atoms with E-state index >= 15 is 0 Å². The lowest BCUT2D eigenvalue weighted by atomic mass is 10.0. The number of allylic oxidation sites excluding steroid dienone is 1. The maximum atomic E-state index is 3.75. The molecule has 17 heavy (non-hydrogen) atoms. The molecule has 0 aromatic heterocycles. The van der Waals surface area contributed by atoms with Gasteiger partial charge in [0.05, 0.1) is 0 Å². The normalized spacial score (nSPS) is 10.2. The smallest absolute Gasteiger partial charge is 0.00258 e. The second-order valence-corrected chi connectivity index (χ2v) is 4.47. The van der Waals surface area contributed by atoms with Crippen LogP contribution < -0.4 is 0 Å². The van der Waals surface area contributed by atoms with Gasteiger partial charge in [-0.05, 0) is 36.5 Å². The molecule has 0 spiro atoms. The minimum absolute atomic E-state index is 0.949. The van der Waals surface area contributed by atoms with Crippen molar-refractivity contribution in [2.75, 3.05) is 0 Å². The standard InChI is InChI=1S/C17H18/c1-3-4-15-9-11-17(12-10-15)13-16-7-5-14(2)6-8-16/h3,5-12H,1,4,13H2,2H3. The molecule has 0 aliphatic heterocycles. The number of aryl methyl sites for hydroxylation is 1. The lowest BCUT2D eigenvalue weighted by molar-refractivity contribution is 1.17. The van der Waals surface area contributed by atoms with E-state index in [2.05, 4.69) is 62.0 Å². The Labute approximate surface area is 104 Å². The summed E-state index contributed by atoms with van der Waals surface area (Å²) in [5, 5.41) is 0. The molecule has 0 aliphatic carbocycles. The van der Waals surface area contributed by atoms with Gasteiger partial charge in [0, 0.05) is 0 Å². The van der Waals surface area contributed by atoms with Gasteiger partial charge in [0.1, 0.15) is 0 Å². The molecule has 0 nitrogen and oxygen atoms in total. The Bertz CT molecular complexity index is 474. The zero-order valence-corrected chi connectivity index (χ0v) is 10.3. The highest BCUT2D eigenvalue weighted by molar-refractivity contribution is 5.30. The first-order valence-electron chi connectivity index (χ1n) is 6.02. The van der Waals surface area contributed by atoms with Crippen molar-refractivity contribution in [2.45, 2.75) is 19.8 Å². The molecule has 0 fully saturated rings. The van der Waals surface area contributed by atoms with E-state index in [1.54, 1.807) is 0 Å². The van der Waals surface area contributed by atoms with Crippen LogP contribution in [0.1, 0.15) is 22.3 Å². The zero-order chi connectivity index (χ0) is 12.1. The summed E-state index contributed by atoms with van der Waals surface area (Å²) in [6.45, 7) is 5.87. The number of hydrogen-bond acceptors (Lipinski definition) is 0. The molecule has 2 aromatic rings. The molecular formula is C17H18. The van der Waals surface area contributed by atoms with Gasteiger partial charge in [-0.2, -0.15) is 0 Å². The molecule has 0 unspecified atom stereocenters. The summed E-state index contributed by atoms with van der Waals surface area (Å²) in [5.74, 6) is 0. The first kappa shape index (κ1) is 11.7. The molecule has 0 bridgehead atoms. The predicted molar refractivity (Wildman–Crippen MR) is 74.3 cm³/mol. The van der Waals surface area contributed by atoms with Crippen LogP contribution in [0.3, 0.4) is 0 Å². The molecule has 2 aromatic carbocycles. The van der Waals surface area contributed by atoms with Crippen molar-refractivity contribution in [1.29, 1.82) is 0 Å². The van der Waals surface area contributed by atoms with Gasteiger partial charge in [-0.25, -0.2) is 0 Å². The summed E-state index contributed by atoms with van der Waals surface area (Å²) in [6.07, 6.45) is 3.90. The summed E-state index contributed by atoms with van der Waals surface area (Å²) >= 11 is 0. The van der Waals surface area contributed by atoms with Crippen molar-refractivity contribution in [1.82, 2.24) is 0 Å². The molecule has 0 atom stereocenters. The second-order valence-electron chi connectivity index (χ2n) is 4.47. The van der Waals surface area contributed by atoms with Crippen LogP contribution in [0.25, 0.3) is 0 Å². The minimum Gasteiger partial charge on any atom is -0.103 e. The van der Waals surface area contributed by atoms with Crippen LogP contribution in [-0.2, 0) is 12.8 Å². The van der Waals surface area contributed by atoms with Gasteiger partial charge in [0.25, 0.3) is 0 Å². The lowest BCUT2D eigenvalue weighted by Crippen LogP contribution is -1.89. The average Bonchev–Trinajstić information content (AvgIpc) is 2.35. The molecule has 86 valence electrons. The van der Waals surface area contributed by atoms with E-state index in [0.29, 0.717) is 0 Å². The van der Waals surface area contributed by atoms with Crippen LogP contribution in [0.15, 0.2) is 61.2 Å². The van der Waals surface area contributed by atoms with Gasteiger partial charge in [0.15, 0.2) is 0 Å². The summed E-state index contributed by atoms with van der Waals surface area (Å²) in [6, 6.07) is 17.5. The molecule has 0 heteroatoms. The maximum Gasteiger partial charge on any atom is -0.00258 e. The van der Waals surface area contributed by atoms with Crippen LogP contribution in [0.2, 0.25) is 0 Å². The highest BCUT2D eigenvalue weighted by atomic mass is 14.0. The predicted octanol–water partition coefficient (Wildman–Crippen LogP) is 4.31. The molecule has 0 heterocycles. The summed E-state index contributed by atoms with van der Waals surface area (Å²) in [4.78, 5) is 0. The molecular weight excluding hydrogens is 204 g/mol. The Morgan fingerprint density at radius 2 is 1.29 bits per heavy atom.